The zero-order valence-corrected chi connectivity index (χ0v) is 11.5. The molecule has 3 aromatic heterocycles. The molecule has 0 radical (unpaired) electrons. The molecule has 1 N–H and O–H groups in total. The summed E-state index contributed by atoms with van der Waals surface area (Å²) in [4.78, 5) is 4.25. The Morgan fingerprint density at radius 3 is 3.09 bits per heavy atom. The van der Waals surface area contributed by atoms with Gasteiger partial charge >= 0.3 is 0 Å². The number of hydrogen-bond acceptors (Lipinski definition) is 6. The highest BCUT2D eigenvalue weighted by Gasteiger charge is 2.32. The lowest BCUT2D eigenvalue weighted by Gasteiger charge is -2.08. The summed E-state index contributed by atoms with van der Waals surface area (Å²) in [7, 11) is 0. The minimum atomic E-state index is -2.68. The van der Waals surface area contributed by atoms with Gasteiger partial charge in [0.25, 0.3) is 6.43 Å². The molecule has 10 heteroatoms. The van der Waals surface area contributed by atoms with Crippen LogP contribution in [-0.4, -0.2) is 35.1 Å². The number of alkyl halides is 2. The number of nitrogens with one attached hydrogen (secondary N) is 1. The highest BCUT2D eigenvalue weighted by atomic mass is 19.3. The van der Waals surface area contributed by atoms with Crippen LogP contribution in [0, 0.1) is 6.92 Å². The Balaban J connectivity index is 1.71. The van der Waals surface area contributed by atoms with Crippen molar-refractivity contribution >= 4 is 0 Å². The second kappa shape index (κ2) is 4.68. The van der Waals surface area contributed by atoms with Gasteiger partial charge in [0, 0.05) is 6.42 Å². The van der Waals surface area contributed by atoms with E-state index in [1.807, 2.05) is 11.5 Å². The van der Waals surface area contributed by atoms with Crippen LogP contribution in [0.4, 0.5) is 8.78 Å². The molecule has 1 aliphatic rings. The molecule has 4 rings (SSSR count). The van der Waals surface area contributed by atoms with E-state index in [-0.39, 0.29) is 23.1 Å². The number of rotatable bonds is 3. The van der Waals surface area contributed by atoms with Crippen LogP contribution in [0.2, 0.25) is 0 Å². The van der Waals surface area contributed by atoms with Crippen molar-refractivity contribution in [2.75, 3.05) is 0 Å². The lowest BCUT2D eigenvalue weighted by atomic mass is 10.2. The lowest BCUT2D eigenvalue weighted by molar-refractivity contribution is 0.146. The van der Waals surface area contributed by atoms with Gasteiger partial charge in [0.1, 0.15) is 23.4 Å². The molecular weight excluding hydrogens is 296 g/mol. The highest BCUT2D eigenvalue weighted by molar-refractivity contribution is 5.56. The number of nitrogens with zero attached hydrogens (tertiary/aromatic N) is 6. The Hall–Kier alpha value is -2.65. The van der Waals surface area contributed by atoms with Crippen molar-refractivity contribution in [1.82, 2.24) is 35.1 Å². The summed E-state index contributed by atoms with van der Waals surface area (Å²) in [6.07, 6.45) is 0.107. The molecule has 22 heavy (non-hydrogen) atoms. The molecule has 4 heterocycles. The van der Waals surface area contributed by atoms with E-state index in [4.69, 9.17) is 4.52 Å². The minimum Gasteiger partial charge on any atom is -0.337 e. The van der Waals surface area contributed by atoms with E-state index in [1.165, 1.54) is 6.20 Å². The van der Waals surface area contributed by atoms with Gasteiger partial charge in [-0.1, -0.05) is 5.16 Å². The van der Waals surface area contributed by atoms with E-state index in [2.05, 4.69) is 30.5 Å². The zero-order chi connectivity index (χ0) is 15.3. The quantitative estimate of drug-likeness (QED) is 0.792. The number of H-pyrrole nitrogens is 1. The molecule has 0 bridgehead atoms. The molecule has 1 aliphatic heterocycles. The van der Waals surface area contributed by atoms with Crippen LogP contribution in [0.1, 0.15) is 42.1 Å². The summed E-state index contributed by atoms with van der Waals surface area (Å²) in [5, 5.41) is 17.8. The molecule has 1 atom stereocenters. The van der Waals surface area contributed by atoms with E-state index in [0.717, 1.165) is 24.5 Å². The van der Waals surface area contributed by atoms with E-state index >= 15 is 0 Å². The maximum Gasteiger partial charge on any atom is 0.280 e. The van der Waals surface area contributed by atoms with Crippen molar-refractivity contribution < 1.29 is 13.3 Å². The molecule has 0 aromatic carbocycles. The van der Waals surface area contributed by atoms with Crippen molar-refractivity contribution in [3.05, 3.63) is 29.4 Å². The van der Waals surface area contributed by atoms with Crippen LogP contribution >= 0.6 is 0 Å². The molecule has 0 saturated heterocycles. The van der Waals surface area contributed by atoms with Crippen molar-refractivity contribution in [1.29, 1.82) is 0 Å². The van der Waals surface area contributed by atoms with Crippen LogP contribution < -0.4 is 0 Å². The Morgan fingerprint density at radius 2 is 2.27 bits per heavy atom. The second-order valence-corrected chi connectivity index (χ2v) is 5.04. The van der Waals surface area contributed by atoms with Crippen molar-refractivity contribution in [2.24, 2.45) is 0 Å². The third kappa shape index (κ3) is 1.83. The maximum absolute atomic E-state index is 12.9. The maximum atomic E-state index is 12.9. The van der Waals surface area contributed by atoms with Crippen molar-refractivity contribution in [3.63, 3.8) is 0 Å². The Labute approximate surface area is 122 Å². The van der Waals surface area contributed by atoms with Gasteiger partial charge < -0.3 is 9.09 Å². The Morgan fingerprint density at radius 1 is 1.41 bits per heavy atom. The SMILES string of the molecule is Cc1nnc2n1C(c1nc(-c3cn[nH]c3C(F)F)no1)CC2. The normalized spacial score (nSPS) is 17.4. The molecule has 0 saturated carbocycles. The van der Waals surface area contributed by atoms with E-state index < -0.39 is 6.43 Å². The first-order chi connectivity index (χ1) is 10.6. The van der Waals surface area contributed by atoms with Gasteiger partial charge in [-0.2, -0.15) is 10.1 Å². The fourth-order valence-corrected chi connectivity index (χ4v) is 2.74. The van der Waals surface area contributed by atoms with Crippen LogP contribution in [-0.2, 0) is 6.42 Å². The molecule has 114 valence electrons. The number of aromatic amines is 1. The summed E-state index contributed by atoms with van der Waals surface area (Å²) >= 11 is 0. The topological polar surface area (TPSA) is 98.3 Å². The van der Waals surface area contributed by atoms with Gasteiger partial charge in [-0.15, -0.1) is 10.2 Å². The fraction of sp³-hybridized carbons (Fsp3) is 0.417. The Kier molecular flexibility index (Phi) is 2.78. The van der Waals surface area contributed by atoms with Gasteiger partial charge in [-0.3, -0.25) is 5.10 Å². The van der Waals surface area contributed by atoms with Gasteiger partial charge in [0.2, 0.25) is 11.7 Å². The largest absolute Gasteiger partial charge is 0.337 e. The monoisotopic (exact) mass is 307 g/mol. The molecular formula is C12H11F2N7O. The van der Waals surface area contributed by atoms with E-state index in [1.54, 1.807) is 0 Å². The second-order valence-electron chi connectivity index (χ2n) is 5.04. The third-order valence-corrected chi connectivity index (χ3v) is 3.74. The number of hydrogen-bond donors (Lipinski definition) is 1. The van der Waals surface area contributed by atoms with Gasteiger partial charge in [-0.25, -0.2) is 8.78 Å². The van der Waals surface area contributed by atoms with Crippen molar-refractivity contribution in [3.8, 4) is 11.4 Å². The average molecular weight is 307 g/mol. The lowest BCUT2D eigenvalue weighted by Crippen LogP contribution is -2.08. The van der Waals surface area contributed by atoms with E-state index in [0.29, 0.717) is 5.89 Å². The summed E-state index contributed by atoms with van der Waals surface area (Å²) in [6.45, 7) is 1.84. The summed E-state index contributed by atoms with van der Waals surface area (Å²) in [6, 6.07) is -0.159. The van der Waals surface area contributed by atoms with Crippen LogP contribution in [0.3, 0.4) is 0 Å². The first-order valence-corrected chi connectivity index (χ1v) is 6.71. The van der Waals surface area contributed by atoms with Crippen molar-refractivity contribution in [2.45, 2.75) is 32.2 Å². The highest BCUT2D eigenvalue weighted by Crippen LogP contribution is 2.33. The predicted octanol–water partition coefficient (Wildman–Crippen LogP) is 1.83. The first-order valence-electron chi connectivity index (χ1n) is 6.71. The molecule has 8 nitrogen and oxygen atoms in total. The van der Waals surface area contributed by atoms with Gasteiger partial charge in [0.15, 0.2) is 0 Å². The van der Waals surface area contributed by atoms with Crippen LogP contribution in [0.25, 0.3) is 11.4 Å². The molecule has 3 aromatic rings. The average Bonchev–Trinajstić information content (AvgIpc) is 3.23. The number of halogens is 2. The number of fused-ring (bicyclic) bond motifs is 1. The Bertz CT molecular complexity index is 821. The van der Waals surface area contributed by atoms with Crippen LogP contribution in [0.5, 0.6) is 0 Å². The standard InChI is InChI=1S/C12H11F2N7O/c1-5-17-18-8-3-2-7(21(5)8)12-16-11(20-22-12)6-4-15-19-9(6)10(13)14/h4,7,10H,2-3H2,1H3,(H,15,19). The summed E-state index contributed by atoms with van der Waals surface area (Å²) < 4.78 is 33.0. The number of aromatic nitrogens is 7. The molecule has 0 fully saturated rings. The predicted molar refractivity (Wildman–Crippen MR) is 68.1 cm³/mol. The number of aryl methyl sites for hydroxylation is 2. The van der Waals surface area contributed by atoms with Gasteiger partial charge in [0.05, 0.1) is 11.8 Å². The smallest absolute Gasteiger partial charge is 0.280 e. The molecule has 1 unspecified atom stereocenters. The third-order valence-electron chi connectivity index (χ3n) is 3.74. The minimum absolute atomic E-state index is 0.0956. The summed E-state index contributed by atoms with van der Waals surface area (Å²) in [5.41, 5.74) is -0.177. The first kappa shape index (κ1) is 13.0. The molecule has 0 amide bonds. The molecule has 0 spiro atoms. The fourth-order valence-electron chi connectivity index (χ4n) is 2.74. The summed E-state index contributed by atoms with van der Waals surface area (Å²) in [5.74, 6) is 2.07. The zero-order valence-electron chi connectivity index (χ0n) is 11.5. The van der Waals surface area contributed by atoms with E-state index in [9.17, 15) is 8.78 Å². The van der Waals surface area contributed by atoms with Gasteiger partial charge in [-0.05, 0) is 13.3 Å². The van der Waals surface area contributed by atoms with Crippen LogP contribution in [0.15, 0.2) is 10.7 Å². The molecule has 0 aliphatic carbocycles.